The minimum absolute atomic E-state index is 0.330. The second-order valence-electron chi connectivity index (χ2n) is 3.09. The molecule has 0 saturated heterocycles. The van der Waals surface area contributed by atoms with Gasteiger partial charge in [-0.25, -0.2) is 9.78 Å². The number of hydrogen-bond donors (Lipinski definition) is 0. The van der Waals surface area contributed by atoms with Gasteiger partial charge in [-0.05, 0) is 13.8 Å². The number of imidazole rings is 1. The second-order valence-corrected chi connectivity index (χ2v) is 3.09. The average molecular weight is 212 g/mol. The van der Waals surface area contributed by atoms with Crippen molar-refractivity contribution in [3.63, 3.8) is 0 Å². The van der Waals surface area contributed by atoms with Crippen molar-refractivity contribution in [3.8, 4) is 0 Å². The Morgan fingerprint density at radius 3 is 2.93 bits per heavy atom. The lowest BCUT2D eigenvalue weighted by molar-refractivity contribution is 0.0510. The summed E-state index contributed by atoms with van der Waals surface area (Å²) in [6, 6.07) is 0. The molecule has 0 N–H and O–H groups in total. The first-order valence-corrected chi connectivity index (χ1v) is 4.88. The predicted molar refractivity (Wildman–Crippen MR) is 54.8 cm³/mol. The molecule has 0 aliphatic rings. The summed E-state index contributed by atoms with van der Waals surface area (Å²) in [5.74, 6) is -0.330. The number of methoxy groups -OCH3 is 1. The lowest BCUT2D eigenvalue weighted by Crippen LogP contribution is -2.15. The molecule has 5 heteroatoms. The van der Waals surface area contributed by atoms with Crippen molar-refractivity contribution in [3.05, 3.63) is 17.7 Å². The first-order chi connectivity index (χ1) is 7.20. The fraction of sp³-hybridized carbons (Fsp3) is 0.600. The SMILES string of the molecule is CCOC(=O)c1c(C)ncn1CCOC. The zero-order chi connectivity index (χ0) is 11.3. The highest BCUT2D eigenvalue weighted by atomic mass is 16.5. The van der Waals surface area contributed by atoms with Gasteiger partial charge in [0, 0.05) is 13.7 Å². The Hall–Kier alpha value is -1.36. The molecule has 5 nitrogen and oxygen atoms in total. The molecule has 0 saturated carbocycles. The Bertz CT molecular complexity index is 333. The van der Waals surface area contributed by atoms with Crippen molar-refractivity contribution >= 4 is 5.97 Å². The summed E-state index contributed by atoms with van der Waals surface area (Å²) in [7, 11) is 1.62. The zero-order valence-electron chi connectivity index (χ0n) is 9.32. The van der Waals surface area contributed by atoms with Crippen LogP contribution in [0.3, 0.4) is 0 Å². The molecule has 0 unspecified atom stereocenters. The van der Waals surface area contributed by atoms with Crippen LogP contribution in [0.25, 0.3) is 0 Å². The maximum absolute atomic E-state index is 11.6. The minimum atomic E-state index is -0.330. The van der Waals surface area contributed by atoms with Crippen LogP contribution in [0.4, 0.5) is 0 Å². The number of hydrogen-bond acceptors (Lipinski definition) is 4. The second kappa shape index (κ2) is 5.50. The van der Waals surface area contributed by atoms with Crippen LogP contribution in [0.2, 0.25) is 0 Å². The summed E-state index contributed by atoms with van der Waals surface area (Å²) in [5.41, 5.74) is 1.19. The first-order valence-electron chi connectivity index (χ1n) is 4.88. The number of carbonyl (C=O) groups is 1. The van der Waals surface area contributed by atoms with Gasteiger partial charge in [0.25, 0.3) is 0 Å². The highest BCUT2D eigenvalue weighted by Crippen LogP contribution is 2.08. The molecule has 15 heavy (non-hydrogen) atoms. The monoisotopic (exact) mass is 212 g/mol. The van der Waals surface area contributed by atoms with Gasteiger partial charge in [-0.2, -0.15) is 0 Å². The van der Waals surface area contributed by atoms with Crippen LogP contribution in [0, 0.1) is 6.92 Å². The third kappa shape index (κ3) is 2.79. The number of aryl methyl sites for hydroxylation is 1. The van der Waals surface area contributed by atoms with Crippen molar-refractivity contribution in [2.24, 2.45) is 0 Å². The molecule has 84 valence electrons. The van der Waals surface area contributed by atoms with Crippen molar-refractivity contribution in [2.75, 3.05) is 20.3 Å². The summed E-state index contributed by atoms with van der Waals surface area (Å²) >= 11 is 0. The number of ether oxygens (including phenoxy) is 2. The molecule has 0 spiro atoms. The maximum Gasteiger partial charge on any atom is 0.356 e. The fourth-order valence-corrected chi connectivity index (χ4v) is 1.31. The van der Waals surface area contributed by atoms with Crippen molar-refractivity contribution in [1.82, 2.24) is 9.55 Å². The van der Waals surface area contributed by atoms with Crippen LogP contribution in [0.5, 0.6) is 0 Å². The molecule has 1 heterocycles. The molecular weight excluding hydrogens is 196 g/mol. The molecule has 0 aliphatic carbocycles. The van der Waals surface area contributed by atoms with Crippen molar-refractivity contribution < 1.29 is 14.3 Å². The lowest BCUT2D eigenvalue weighted by Gasteiger charge is -2.07. The van der Waals surface area contributed by atoms with Crippen LogP contribution < -0.4 is 0 Å². The van der Waals surface area contributed by atoms with E-state index in [0.717, 1.165) is 0 Å². The van der Waals surface area contributed by atoms with Gasteiger partial charge in [0.15, 0.2) is 0 Å². The van der Waals surface area contributed by atoms with Gasteiger partial charge in [0.05, 0.1) is 25.2 Å². The number of nitrogens with zero attached hydrogens (tertiary/aromatic N) is 2. The van der Waals surface area contributed by atoms with Gasteiger partial charge in [0.1, 0.15) is 5.69 Å². The summed E-state index contributed by atoms with van der Waals surface area (Å²) in [5, 5.41) is 0. The van der Waals surface area contributed by atoms with E-state index in [1.807, 2.05) is 0 Å². The molecule has 0 aromatic carbocycles. The topological polar surface area (TPSA) is 53.3 Å². The molecule has 0 atom stereocenters. The molecular formula is C10H16N2O3. The highest BCUT2D eigenvalue weighted by molar-refractivity contribution is 5.88. The maximum atomic E-state index is 11.6. The quantitative estimate of drug-likeness (QED) is 0.684. The van der Waals surface area contributed by atoms with Crippen LogP contribution >= 0.6 is 0 Å². The molecule has 0 fully saturated rings. The Balaban J connectivity index is 2.83. The van der Waals surface area contributed by atoms with Crippen molar-refractivity contribution in [2.45, 2.75) is 20.4 Å². The van der Waals surface area contributed by atoms with Gasteiger partial charge >= 0.3 is 5.97 Å². The minimum Gasteiger partial charge on any atom is -0.461 e. The van der Waals surface area contributed by atoms with Gasteiger partial charge in [0.2, 0.25) is 0 Å². The normalized spacial score (nSPS) is 10.3. The van der Waals surface area contributed by atoms with E-state index in [9.17, 15) is 4.79 Å². The van der Waals surface area contributed by atoms with E-state index in [0.29, 0.717) is 31.1 Å². The average Bonchev–Trinajstić information content (AvgIpc) is 2.57. The third-order valence-electron chi connectivity index (χ3n) is 2.03. The number of carbonyl (C=O) groups excluding carboxylic acids is 1. The Labute approximate surface area is 89.0 Å². The number of aromatic nitrogens is 2. The van der Waals surface area contributed by atoms with E-state index in [4.69, 9.17) is 9.47 Å². The van der Waals surface area contributed by atoms with Gasteiger partial charge in [-0.1, -0.05) is 0 Å². The Morgan fingerprint density at radius 2 is 2.33 bits per heavy atom. The summed E-state index contributed by atoms with van der Waals surface area (Å²) in [4.78, 5) is 15.7. The van der Waals surface area contributed by atoms with Gasteiger partial charge in [-0.15, -0.1) is 0 Å². The Morgan fingerprint density at radius 1 is 1.60 bits per heavy atom. The third-order valence-corrected chi connectivity index (χ3v) is 2.03. The molecule has 1 aromatic heterocycles. The van der Waals surface area contributed by atoms with Crippen LogP contribution in [-0.4, -0.2) is 35.8 Å². The first kappa shape index (κ1) is 11.7. The van der Waals surface area contributed by atoms with Gasteiger partial charge in [-0.3, -0.25) is 0 Å². The molecule has 0 amide bonds. The summed E-state index contributed by atoms with van der Waals surface area (Å²) < 4.78 is 11.6. The van der Waals surface area contributed by atoms with E-state index < -0.39 is 0 Å². The molecule has 1 rings (SSSR count). The van der Waals surface area contributed by atoms with E-state index in [1.165, 1.54) is 0 Å². The lowest BCUT2D eigenvalue weighted by atomic mass is 10.3. The van der Waals surface area contributed by atoms with E-state index in [2.05, 4.69) is 4.98 Å². The van der Waals surface area contributed by atoms with E-state index in [-0.39, 0.29) is 5.97 Å². The zero-order valence-corrected chi connectivity index (χ0v) is 9.32. The van der Waals surface area contributed by atoms with E-state index >= 15 is 0 Å². The largest absolute Gasteiger partial charge is 0.461 e. The predicted octanol–water partition coefficient (Wildman–Crippen LogP) is 1.01. The molecule has 1 aromatic rings. The molecule has 0 bridgehead atoms. The smallest absolute Gasteiger partial charge is 0.356 e. The fourth-order valence-electron chi connectivity index (χ4n) is 1.31. The standard InChI is InChI=1S/C10H16N2O3/c1-4-15-10(13)9-8(2)11-7-12(9)5-6-14-3/h7H,4-6H2,1-3H3. The molecule has 0 radical (unpaired) electrons. The van der Waals surface area contributed by atoms with Crippen LogP contribution in [-0.2, 0) is 16.0 Å². The number of esters is 1. The highest BCUT2D eigenvalue weighted by Gasteiger charge is 2.16. The van der Waals surface area contributed by atoms with E-state index in [1.54, 1.807) is 31.9 Å². The summed E-state index contributed by atoms with van der Waals surface area (Å²) in [6.45, 7) is 5.08. The van der Waals surface area contributed by atoms with Crippen LogP contribution in [0.1, 0.15) is 23.1 Å². The van der Waals surface area contributed by atoms with Crippen molar-refractivity contribution in [1.29, 1.82) is 0 Å². The Kier molecular flexibility index (Phi) is 4.30. The number of rotatable bonds is 5. The summed E-state index contributed by atoms with van der Waals surface area (Å²) in [6.07, 6.45) is 1.63. The van der Waals surface area contributed by atoms with Gasteiger partial charge < -0.3 is 14.0 Å². The van der Waals surface area contributed by atoms with Crippen LogP contribution in [0.15, 0.2) is 6.33 Å². The molecule has 0 aliphatic heterocycles.